The van der Waals surface area contributed by atoms with Gasteiger partial charge in [0.2, 0.25) is 0 Å². The van der Waals surface area contributed by atoms with Crippen molar-refractivity contribution in [1.82, 2.24) is 5.32 Å². The van der Waals surface area contributed by atoms with E-state index >= 15 is 0 Å². The van der Waals surface area contributed by atoms with E-state index in [4.69, 9.17) is 0 Å². The van der Waals surface area contributed by atoms with Crippen LogP contribution >= 0.6 is 0 Å². The number of anilines is 1. The number of halogens is 1. The van der Waals surface area contributed by atoms with Crippen LogP contribution in [0.25, 0.3) is 0 Å². The second-order valence-electron chi connectivity index (χ2n) is 4.55. The average molecular weight is 222 g/mol. The molecule has 3 heteroatoms. The number of hydrogen-bond donors (Lipinski definition) is 1. The van der Waals surface area contributed by atoms with E-state index in [1.54, 1.807) is 0 Å². The molecule has 1 unspecified atom stereocenters. The number of rotatable bonds is 4. The molecule has 0 amide bonds. The monoisotopic (exact) mass is 222 g/mol. The zero-order chi connectivity index (χ0) is 11.4. The molecule has 1 atom stereocenters. The van der Waals surface area contributed by atoms with Gasteiger partial charge in [0.25, 0.3) is 0 Å². The molecule has 0 aromatic heterocycles. The van der Waals surface area contributed by atoms with Crippen LogP contribution in [0.3, 0.4) is 0 Å². The standard InChI is InChI=1S/C13H19FN2/c1-16(9-7-11-6-8-15-10-11)13-4-2-12(14)3-5-13/h2-5,11,15H,6-10H2,1H3. The third kappa shape index (κ3) is 2.95. The summed E-state index contributed by atoms with van der Waals surface area (Å²) in [4.78, 5) is 2.19. The van der Waals surface area contributed by atoms with Crippen molar-refractivity contribution < 1.29 is 4.39 Å². The Hall–Kier alpha value is -1.09. The Labute approximate surface area is 96.5 Å². The van der Waals surface area contributed by atoms with Gasteiger partial charge in [0.05, 0.1) is 0 Å². The van der Waals surface area contributed by atoms with Crippen LogP contribution in [0.5, 0.6) is 0 Å². The molecule has 1 aliphatic heterocycles. The van der Waals surface area contributed by atoms with Crippen LogP contribution < -0.4 is 10.2 Å². The van der Waals surface area contributed by atoms with Gasteiger partial charge in [-0.1, -0.05) is 0 Å². The molecule has 2 nitrogen and oxygen atoms in total. The molecule has 1 aliphatic rings. The Morgan fingerprint density at radius 2 is 2.12 bits per heavy atom. The molecule has 0 saturated carbocycles. The summed E-state index contributed by atoms with van der Waals surface area (Å²) in [6.07, 6.45) is 2.50. The highest BCUT2D eigenvalue weighted by Crippen LogP contribution is 2.17. The van der Waals surface area contributed by atoms with Gasteiger partial charge in [0.1, 0.15) is 5.82 Å². The number of nitrogens with one attached hydrogen (secondary N) is 1. The molecule has 0 spiro atoms. The first kappa shape index (κ1) is 11.4. The van der Waals surface area contributed by atoms with E-state index in [0.717, 1.165) is 31.2 Å². The van der Waals surface area contributed by atoms with Crippen LogP contribution in [0.1, 0.15) is 12.8 Å². The van der Waals surface area contributed by atoms with E-state index in [9.17, 15) is 4.39 Å². The van der Waals surface area contributed by atoms with E-state index in [-0.39, 0.29) is 5.82 Å². The molecule has 1 fully saturated rings. The number of nitrogens with zero attached hydrogens (tertiary/aromatic N) is 1. The topological polar surface area (TPSA) is 15.3 Å². The number of hydrogen-bond acceptors (Lipinski definition) is 2. The summed E-state index contributed by atoms with van der Waals surface area (Å²) in [5, 5.41) is 3.38. The molecule has 0 radical (unpaired) electrons. The highest BCUT2D eigenvalue weighted by molar-refractivity contribution is 5.45. The van der Waals surface area contributed by atoms with Crippen LogP contribution in [0.2, 0.25) is 0 Å². The van der Waals surface area contributed by atoms with Gasteiger partial charge in [0.15, 0.2) is 0 Å². The van der Waals surface area contributed by atoms with Crippen molar-refractivity contribution in [3.05, 3.63) is 30.1 Å². The molecule has 16 heavy (non-hydrogen) atoms. The van der Waals surface area contributed by atoms with Gasteiger partial charge in [-0.05, 0) is 56.1 Å². The zero-order valence-electron chi connectivity index (χ0n) is 9.75. The normalized spacial score (nSPS) is 20.0. The lowest BCUT2D eigenvalue weighted by atomic mass is 10.0. The van der Waals surface area contributed by atoms with Crippen LogP contribution in [0.4, 0.5) is 10.1 Å². The molecule has 1 aromatic carbocycles. The maximum absolute atomic E-state index is 12.8. The van der Waals surface area contributed by atoms with E-state index in [2.05, 4.69) is 17.3 Å². The first-order chi connectivity index (χ1) is 7.75. The minimum absolute atomic E-state index is 0.169. The summed E-state index contributed by atoms with van der Waals surface area (Å²) < 4.78 is 12.8. The lowest BCUT2D eigenvalue weighted by molar-refractivity contribution is 0.533. The molecule has 0 bridgehead atoms. The summed E-state index contributed by atoms with van der Waals surface area (Å²) in [5.74, 6) is 0.639. The zero-order valence-corrected chi connectivity index (χ0v) is 9.75. The van der Waals surface area contributed by atoms with Crippen molar-refractivity contribution in [2.75, 3.05) is 31.6 Å². The molecule has 1 saturated heterocycles. The van der Waals surface area contributed by atoms with Gasteiger partial charge in [0, 0.05) is 19.3 Å². The molecular weight excluding hydrogens is 203 g/mol. The SMILES string of the molecule is CN(CCC1CCNC1)c1ccc(F)cc1. The minimum Gasteiger partial charge on any atom is -0.375 e. The highest BCUT2D eigenvalue weighted by Gasteiger charge is 2.14. The average Bonchev–Trinajstić information content (AvgIpc) is 2.80. The first-order valence-corrected chi connectivity index (χ1v) is 5.93. The van der Waals surface area contributed by atoms with Crippen molar-refractivity contribution in [2.24, 2.45) is 5.92 Å². The molecule has 1 heterocycles. The molecule has 0 aliphatic carbocycles. The van der Waals surface area contributed by atoms with Crippen LogP contribution in [-0.4, -0.2) is 26.7 Å². The fourth-order valence-electron chi connectivity index (χ4n) is 2.16. The maximum Gasteiger partial charge on any atom is 0.123 e. The quantitative estimate of drug-likeness (QED) is 0.840. The summed E-state index contributed by atoms with van der Waals surface area (Å²) in [5.41, 5.74) is 1.09. The molecular formula is C13H19FN2. The Kier molecular flexibility index (Phi) is 3.78. The fourth-order valence-corrected chi connectivity index (χ4v) is 2.16. The van der Waals surface area contributed by atoms with Crippen LogP contribution in [0, 0.1) is 11.7 Å². The predicted molar refractivity (Wildman–Crippen MR) is 65.3 cm³/mol. The molecule has 1 N–H and O–H groups in total. The smallest absolute Gasteiger partial charge is 0.123 e. The lowest BCUT2D eigenvalue weighted by Crippen LogP contribution is -2.21. The summed E-state index contributed by atoms with van der Waals surface area (Å²) in [7, 11) is 2.07. The van der Waals surface area contributed by atoms with Crippen molar-refractivity contribution >= 4 is 5.69 Å². The van der Waals surface area contributed by atoms with Gasteiger partial charge in [-0.25, -0.2) is 4.39 Å². The maximum atomic E-state index is 12.8. The highest BCUT2D eigenvalue weighted by atomic mass is 19.1. The van der Waals surface area contributed by atoms with Crippen LogP contribution in [0.15, 0.2) is 24.3 Å². The predicted octanol–water partition coefficient (Wildman–Crippen LogP) is 2.26. The second-order valence-corrected chi connectivity index (χ2v) is 4.55. The van der Waals surface area contributed by atoms with Crippen molar-refractivity contribution in [2.45, 2.75) is 12.8 Å². The van der Waals surface area contributed by atoms with Crippen molar-refractivity contribution in [1.29, 1.82) is 0 Å². The van der Waals surface area contributed by atoms with E-state index in [1.165, 1.54) is 25.0 Å². The Morgan fingerprint density at radius 3 is 2.75 bits per heavy atom. The Morgan fingerprint density at radius 1 is 1.38 bits per heavy atom. The lowest BCUT2D eigenvalue weighted by Gasteiger charge is -2.21. The third-order valence-corrected chi connectivity index (χ3v) is 3.30. The summed E-state index contributed by atoms with van der Waals surface area (Å²) in [6, 6.07) is 6.70. The van der Waals surface area contributed by atoms with Gasteiger partial charge >= 0.3 is 0 Å². The van der Waals surface area contributed by atoms with E-state index in [0.29, 0.717) is 0 Å². The van der Waals surface area contributed by atoms with E-state index < -0.39 is 0 Å². The largest absolute Gasteiger partial charge is 0.375 e. The summed E-state index contributed by atoms with van der Waals surface area (Å²) >= 11 is 0. The minimum atomic E-state index is -0.169. The Bertz CT molecular complexity index is 317. The van der Waals surface area contributed by atoms with Gasteiger partial charge in [-0.2, -0.15) is 0 Å². The first-order valence-electron chi connectivity index (χ1n) is 5.93. The summed E-state index contributed by atoms with van der Waals surface area (Å²) in [6.45, 7) is 3.35. The van der Waals surface area contributed by atoms with Crippen molar-refractivity contribution in [3.8, 4) is 0 Å². The third-order valence-electron chi connectivity index (χ3n) is 3.30. The molecule has 2 rings (SSSR count). The second kappa shape index (κ2) is 5.30. The van der Waals surface area contributed by atoms with Crippen LogP contribution in [-0.2, 0) is 0 Å². The fraction of sp³-hybridized carbons (Fsp3) is 0.538. The van der Waals surface area contributed by atoms with Gasteiger partial charge in [-0.15, -0.1) is 0 Å². The van der Waals surface area contributed by atoms with Crippen molar-refractivity contribution in [3.63, 3.8) is 0 Å². The van der Waals surface area contributed by atoms with Gasteiger partial charge < -0.3 is 10.2 Å². The molecule has 1 aromatic rings. The van der Waals surface area contributed by atoms with E-state index in [1.807, 2.05) is 12.1 Å². The number of benzene rings is 1. The Balaban J connectivity index is 1.82. The van der Waals surface area contributed by atoms with Gasteiger partial charge in [-0.3, -0.25) is 0 Å². The molecule has 88 valence electrons.